The molecule has 0 aliphatic carbocycles. The van der Waals surface area contributed by atoms with Gasteiger partial charge in [0.2, 0.25) is 0 Å². The van der Waals surface area contributed by atoms with E-state index in [-0.39, 0.29) is 17.5 Å². The lowest BCUT2D eigenvalue weighted by molar-refractivity contribution is 0.590. The Morgan fingerprint density at radius 3 is 0.894 bits per heavy atom. The van der Waals surface area contributed by atoms with Gasteiger partial charge in [0.1, 0.15) is 0 Å². The normalized spacial score (nSPS) is 12.8. The minimum Gasteiger partial charge on any atom is -0.310 e. The van der Waals surface area contributed by atoms with Crippen molar-refractivity contribution in [2.24, 2.45) is 0 Å². The molecule has 0 atom stereocenters. The van der Waals surface area contributed by atoms with Crippen LogP contribution in [0.5, 0.6) is 0 Å². The summed E-state index contributed by atoms with van der Waals surface area (Å²) in [6.45, 7) is 21.3. The van der Waals surface area contributed by atoms with E-state index in [1.807, 2.05) is 11.3 Å². The summed E-state index contributed by atoms with van der Waals surface area (Å²) in [7, 11) is 0. The lowest BCUT2D eigenvalue weighted by atomic mass is 9.33. The summed E-state index contributed by atoms with van der Waals surface area (Å²) in [5, 5.41) is 7.32. The van der Waals surface area contributed by atoms with Crippen LogP contribution in [0.2, 0.25) is 0 Å². The van der Waals surface area contributed by atoms with Crippen molar-refractivity contribution < 1.29 is 0 Å². The highest BCUT2D eigenvalue weighted by atomic mass is 32.1. The number of hydrogen-bond acceptors (Lipinski definition) is 3. The summed E-state index contributed by atoms with van der Waals surface area (Å²) >= 11 is 1.88. The number of thiophene rings is 1. The lowest BCUT2D eigenvalue weighted by Gasteiger charge is -2.47. The third-order valence-corrected chi connectivity index (χ3v) is 29.6. The highest BCUT2D eigenvalue weighted by Crippen LogP contribution is 2.57. The molecule has 4 nitrogen and oxygen atoms in total. The predicted octanol–water partition coefficient (Wildman–Crippen LogP) is 33.2. The maximum absolute atomic E-state index is 2.79. The Balaban J connectivity index is 0.875. The Morgan fingerprint density at radius 2 is 0.500 bits per heavy atom. The standard InChI is InChI=1S/C126H95BN4S/c1-124(2,3)94-70-103(84-48-44-82(45-49-84)78-28-14-10-15-29-78)122-105(72-94)92-38-26-36-86(64-92)88-54-62-119-107(66-88)108-67-89(55-63-120(108)132-119)87-37-27-39-93(65-87)106-73-95(125(4,5)6)71-104(85-50-46-83(47-51-85)79-30-16-11-17-31-79)123(106)131-116-77-98(129-112-43-25-23-41-100(112)102-59-53-91(69-114(102)129)81-34-20-13-21-35-81)57-61-110(116)127-109-60-56-97(76-115(109)130(122)117-74-96(126(7,8)9)75-118(131)121(117)127)128-111-42-24-22-40-99(111)101-58-52-90(68-113(101)128)80-32-18-12-19-33-80/h10-77H,1-9H3. The smallest absolute Gasteiger partial charge is 0.252 e. The van der Waals surface area contributed by atoms with Gasteiger partial charge in [0.15, 0.2) is 0 Å². The van der Waals surface area contributed by atoms with Gasteiger partial charge >= 0.3 is 0 Å². The number of rotatable bonds is 8. The molecule has 3 aromatic heterocycles. The highest BCUT2D eigenvalue weighted by molar-refractivity contribution is 7.25. The van der Waals surface area contributed by atoms with Gasteiger partial charge in [-0.1, -0.05) is 353 Å². The molecule has 628 valence electrons. The molecule has 3 aliphatic heterocycles. The van der Waals surface area contributed by atoms with Crippen molar-refractivity contribution in [3.05, 3.63) is 429 Å². The van der Waals surface area contributed by atoms with Crippen LogP contribution in [0.1, 0.15) is 79.0 Å². The lowest BCUT2D eigenvalue weighted by Crippen LogP contribution is -2.61. The van der Waals surface area contributed by atoms with Gasteiger partial charge in [-0.2, -0.15) is 0 Å². The second-order valence-corrected chi connectivity index (χ2v) is 40.7. The predicted molar refractivity (Wildman–Crippen MR) is 566 cm³/mol. The van der Waals surface area contributed by atoms with Crippen LogP contribution in [0, 0.1) is 0 Å². The molecule has 3 aliphatic rings. The molecule has 0 fully saturated rings. The van der Waals surface area contributed by atoms with Crippen molar-refractivity contribution in [3.8, 4) is 123 Å². The third kappa shape index (κ3) is 12.9. The maximum atomic E-state index is 2.79. The van der Waals surface area contributed by atoms with Gasteiger partial charge < -0.3 is 18.9 Å². The fourth-order valence-electron chi connectivity index (χ4n) is 21.6. The van der Waals surface area contributed by atoms with E-state index in [1.165, 1.54) is 119 Å². The quantitative estimate of drug-likeness (QED) is 0.141. The molecular formula is C126H95BN4S. The summed E-state index contributed by atoms with van der Waals surface area (Å²) in [6, 6.07) is 159. The molecule has 0 saturated heterocycles. The van der Waals surface area contributed by atoms with Gasteiger partial charge in [0.25, 0.3) is 6.71 Å². The van der Waals surface area contributed by atoms with E-state index in [4.69, 9.17) is 0 Å². The van der Waals surface area contributed by atoms with Crippen molar-refractivity contribution in [2.75, 3.05) is 9.80 Å². The van der Waals surface area contributed by atoms with Crippen molar-refractivity contribution in [1.82, 2.24) is 9.13 Å². The van der Waals surface area contributed by atoms with Gasteiger partial charge in [-0.3, -0.25) is 0 Å². The molecule has 6 heteroatoms. The van der Waals surface area contributed by atoms with Gasteiger partial charge in [0.05, 0.1) is 33.4 Å². The van der Waals surface area contributed by atoms with Crippen LogP contribution < -0.4 is 26.2 Å². The fraction of sp³-hybridized carbons (Fsp3) is 0.0952. The van der Waals surface area contributed by atoms with Crippen LogP contribution in [0.3, 0.4) is 0 Å². The summed E-state index contributed by atoms with van der Waals surface area (Å²) in [5.41, 5.74) is 42.7. The Morgan fingerprint density at radius 1 is 0.205 bits per heavy atom. The monoisotopic (exact) mass is 1710 g/mol. The molecule has 22 aromatic rings. The number of aromatic nitrogens is 2. The second-order valence-electron chi connectivity index (χ2n) is 39.6. The molecule has 132 heavy (non-hydrogen) atoms. The summed E-state index contributed by atoms with van der Waals surface area (Å²) in [4.78, 5) is 5.59. The van der Waals surface area contributed by atoms with Crippen LogP contribution in [0.4, 0.5) is 34.1 Å². The molecule has 0 amide bonds. The highest BCUT2D eigenvalue weighted by Gasteiger charge is 2.47. The zero-order valence-electron chi connectivity index (χ0n) is 75.5. The zero-order valence-corrected chi connectivity index (χ0v) is 76.4. The number of nitrogens with zero attached hydrogens (tertiary/aromatic N) is 4. The third-order valence-electron chi connectivity index (χ3n) is 28.5. The van der Waals surface area contributed by atoms with Gasteiger partial charge in [-0.25, -0.2) is 0 Å². The van der Waals surface area contributed by atoms with Crippen molar-refractivity contribution >= 4 is 132 Å². The number of anilines is 6. The van der Waals surface area contributed by atoms with E-state index in [9.17, 15) is 0 Å². The molecule has 25 rings (SSSR count). The van der Waals surface area contributed by atoms with E-state index >= 15 is 0 Å². The molecule has 19 aromatic carbocycles. The minimum atomic E-state index is -0.426. The largest absolute Gasteiger partial charge is 0.310 e. The number of benzene rings is 19. The molecule has 6 heterocycles. The summed E-state index contributed by atoms with van der Waals surface area (Å²) in [6.07, 6.45) is 0. The Kier molecular flexibility index (Phi) is 18.0. The van der Waals surface area contributed by atoms with E-state index in [0.29, 0.717) is 0 Å². The van der Waals surface area contributed by atoms with Crippen LogP contribution in [-0.4, -0.2) is 15.8 Å². The van der Waals surface area contributed by atoms with Crippen LogP contribution in [-0.2, 0) is 16.2 Å². The first-order valence-electron chi connectivity index (χ1n) is 46.4. The van der Waals surface area contributed by atoms with Crippen molar-refractivity contribution in [1.29, 1.82) is 0 Å². The molecule has 13 bridgehead atoms. The summed E-state index contributed by atoms with van der Waals surface area (Å²) < 4.78 is 7.65. The minimum absolute atomic E-state index is 0.305. The number of fused-ring (bicyclic) bond motifs is 26. The molecule has 0 N–H and O–H groups in total. The second kappa shape index (κ2) is 30.1. The van der Waals surface area contributed by atoms with E-state index in [1.54, 1.807) is 0 Å². The van der Waals surface area contributed by atoms with Crippen molar-refractivity contribution in [2.45, 2.75) is 78.6 Å². The SMILES string of the molecule is CC(C)(C)c1cc(-c2ccc(-c3ccccc3)cc2)c2c(c1)-c1cccc(c1)-c1ccc3sc4ccc(cc4c3c1)-c1cccc(c1)-c1cc(C(C)(C)C)cc(-c3ccc(-c4ccccc4)cc3)c1N1c3cc(-n4c5ccccc5c5ccc(-c6ccccc6)cc54)ccc3B3c4ccc(-n5c6ccccc6c6ccc(-c7ccccc7)cc65)cc4N2c2cc(C(C)(C)C)cc1c23. The topological polar surface area (TPSA) is 16.3 Å². The number of hydrogen-bond donors (Lipinski definition) is 0. The van der Waals surface area contributed by atoms with Crippen LogP contribution in [0.15, 0.2) is 413 Å². The maximum Gasteiger partial charge on any atom is 0.252 e. The Hall–Kier alpha value is -15.3. The first-order valence-corrected chi connectivity index (χ1v) is 47.2. The molecule has 0 saturated carbocycles. The summed E-state index contributed by atoms with van der Waals surface area (Å²) in [5.74, 6) is 0. The van der Waals surface area contributed by atoms with E-state index in [2.05, 4.69) is 494 Å². The first-order chi connectivity index (χ1) is 64.3. The Bertz CT molecular complexity index is 8000. The average Bonchev–Trinajstić information content (AvgIpc) is 1.32. The first kappa shape index (κ1) is 78.9. The van der Waals surface area contributed by atoms with E-state index in [0.717, 1.165) is 134 Å². The van der Waals surface area contributed by atoms with Gasteiger partial charge in [-0.05, 0) is 260 Å². The van der Waals surface area contributed by atoms with Crippen LogP contribution in [0.25, 0.3) is 186 Å². The molecule has 0 radical (unpaired) electrons. The van der Waals surface area contributed by atoms with Crippen molar-refractivity contribution in [3.63, 3.8) is 0 Å². The number of para-hydroxylation sites is 2. The zero-order chi connectivity index (χ0) is 88.7. The van der Waals surface area contributed by atoms with Gasteiger partial charge in [-0.15, -0.1) is 11.3 Å². The van der Waals surface area contributed by atoms with Gasteiger partial charge in [0, 0.05) is 98.1 Å². The Labute approximate surface area is 776 Å². The van der Waals surface area contributed by atoms with E-state index < -0.39 is 5.41 Å². The molecule has 0 spiro atoms. The molecule has 0 unspecified atom stereocenters. The van der Waals surface area contributed by atoms with Crippen LogP contribution >= 0.6 is 11.3 Å². The average molecular weight is 1710 g/mol. The molecular weight excluding hydrogens is 1610 g/mol. The fourth-order valence-corrected chi connectivity index (χ4v) is 22.7.